The molecule has 1 amide bonds. The standard InChI is InChI=1S/C11H19NO3/c1-2-15-11(14)12-10(8-13)7-9-5-3-4-6-9/h8-10H,2-7H2,1H3,(H,12,14). The summed E-state index contributed by atoms with van der Waals surface area (Å²) in [5.74, 6) is 0.585. The zero-order chi connectivity index (χ0) is 11.1. The van der Waals surface area contributed by atoms with E-state index in [9.17, 15) is 9.59 Å². The molecule has 4 nitrogen and oxygen atoms in total. The average molecular weight is 213 g/mol. The molecule has 0 aromatic carbocycles. The highest BCUT2D eigenvalue weighted by atomic mass is 16.5. The van der Waals surface area contributed by atoms with Crippen LogP contribution >= 0.6 is 0 Å². The van der Waals surface area contributed by atoms with Crippen LogP contribution in [-0.4, -0.2) is 25.0 Å². The summed E-state index contributed by atoms with van der Waals surface area (Å²) in [5, 5.41) is 2.57. The zero-order valence-electron chi connectivity index (χ0n) is 9.20. The summed E-state index contributed by atoms with van der Waals surface area (Å²) in [6, 6.07) is -0.382. The van der Waals surface area contributed by atoms with E-state index < -0.39 is 6.09 Å². The summed E-state index contributed by atoms with van der Waals surface area (Å²) < 4.78 is 4.73. The van der Waals surface area contributed by atoms with Gasteiger partial charge in [-0.3, -0.25) is 0 Å². The molecule has 1 N–H and O–H groups in total. The molecular formula is C11H19NO3. The summed E-state index contributed by atoms with van der Waals surface area (Å²) >= 11 is 0. The minimum absolute atomic E-state index is 0.334. The molecule has 0 aromatic heterocycles. The number of ether oxygens (including phenoxy) is 1. The van der Waals surface area contributed by atoms with Crippen LogP contribution in [-0.2, 0) is 9.53 Å². The summed E-state index contributed by atoms with van der Waals surface area (Å²) in [6.45, 7) is 2.08. The van der Waals surface area contributed by atoms with Gasteiger partial charge in [-0.1, -0.05) is 25.7 Å². The van der Waals surface area contributed by atoms with Crippen LogP contribution in [0.15, 0.2) is 0 Å². The van der Waals surface area contributed by atoms with Crippen LogP contribution in [0, 0.1) is 5.92 Å². The lowest BCUT2D eigenvalue weighted by atomic mass is 9.99. The highest BCUT2D eigenvalue weighted by Crippen LogP contribution is 2.28. The fourth-order valence-corrected chi connectivity index (χ4v) is 2.08. The Kier molecular flexibility index (Phi) is 5.15. The van der Waals surface area contributed by atoms with Gasteiger partial charge >= 0.3 is 6.09 Å². The van der Waals surface area contributed by atoms with Crippen molar-refractivity contribution in [1.82, 2.24) is 5.32 Å². The SMILES string of the molecule is CCOC(=O)NC(C=O)CC1CCCC1. The molecule has 0 aliphatic heterocycles. The smallest absolute Gasteiger partial charge is 0.407 e. The van der Waals surface area contributed by atoms with Crippen LogP contribution in [0.25, 0.3) is 0 Å². The van der Waals surface area contributed by atoms with Crippen molar-refractivity contribution in [2.75, 3.05) is 6.61 Å². The number of aldehydes is 1. The molecule has 1 aliphatic carbocycles. The molecule has 1 unspecified atom stereocenters. The van der Waals surface area contributed by atoms with Gasteiger partial charge < -0.3 is 14.8 Å². The van der Waals surface area contributed by atoms with Crippen LogP contribution in [0.4, 0.5) is 4.79 Å². The highest BCUT2D eigenvalue weighted by molar-refractivity contribution is 5.72. The van der Waals surface area contributed by atoms with Gasteiger partial charge in [-0.15, -0.1) is 0 Å². The molecule has 0 heterocycles. The van der Waals surface area contributed by atoms with E-state index in [1.807, 2.05) is 0 Å². The normalized spacial score (nSPS) is 18.5. The summed E-state index contributed by atoms with van der Waals surface area (Å²) in [4.78, 5) is 21.9. The Morgan fingerprint density at radius 3 is 2.73 bits per heavy atom. The molecule has 0 radical (unpaired) electrons. The third kappa shape index (κ3) is 4.32. The van der Waals surface area contributed by atoms with E-state index in [1.54, 1.807) is 6.92 Å². The predicted molar refractivity (Wildman–Crippen MR) is 56.6 cm³/mol. The highest BCUT2D eigenvalue weighted by Gasteiger charge is 2.21. The average Bonchev–Trinajstić information content (AvgIpc) is 2.70. The minimum atomic E-state index is -0.493. The summed E-state index contributed by atoms with van der Waals surface area (Å²) in [6.07, 6.45) is 5.90. The van der Waals surface area contributed by atoms with E-state index in [0.717, 1.165) is 12.7 Å². The molecule has 1 saturated carbocycles. The molecule has 0 spiro atoms. The maximum absolute atomic E-state index is 11.1. The molecule has 1 atom stereocenters. The maximum Gasteiger partial charge on any atom is 0.407 e. The molecule has 4 heteroatoms. The fourth-order valence-electron chi connectivity index (χ4n) is 2.08. The molecule has 0 saturated heterocycles. The predicted octanol–water partition coefficient (Wildman–Crippen LogP) is 1.88. The number of nitrogens with one attached hydrogen (secondary N) is 1. The van der Waals surface area contributed by atoms with Crippen molar-refractivity contribution in [2.24, 2.45) is 5.92 Å². The van der Waals surface area contributed by atoms with Gasteiger partial charge in [0.1, 0.15) is 6.29 Å². The van der Waals surface area contributed by atoms with Crippen LogP contribution in [0.2, 0.25) is 0 Å². The first-order valence-corrected chi connectivity index (χ1v) is 5.64. The van der Waals surface area contributed by atoms with Crippen molar-refractivity contribution < 1.29 is 14.3 Å². The quantitative estimate of drug-likeness (QED) is 0.709. The molecule has 86 valence electrons. The number of amides is 1. The van der Waals surface area contributed by atoms with E-state index in [2.05, 4.69) is 5.32 Å². The molecule has 1 fully saturated rings. The third-order valence-electron chi connectivity index (χ3n) is 2.80. The Hall–Kier alpha value is -1.06. The topological polar surface area (TPSA) is 55.4 Å². The third-order valence-corrected chi connectivity index (χ3v) is 2.80. The van der Waals surface area contributed by atoms with Crippen molar-refractivity contribution in [2.45, 2.75) is 45.1 Å². The molecule has 1 aliphatic rings. The Morgan fingerprint density at radius 1 is 1.53 bits per heavy atom. The number of carbonyl (C=O) groups excluding carboxylic acids is 2. The van der Waals surface area contributed by atoms with Gasteiger partial charge in [0.2, 0.25) is 0 Å². The van der Waals surface area contributed by atoms with Crippen LogP contribution in [0.3, 0.4) is 0 Å². The van der Waals surface area contributed by atoms with Crippen molar-refractivity contribution in [3.05, 3.63) is 0 Å². The second kappa shape index (κ2) is 6.43. The number of rotatable bonds is 5. The van der Waals surface area contributed by atoms with Gasteiger partial charge in [-0.2, -0.15) is 0 Å². The van der Waals surface area contributed by atoms with Gasteiger partial charge in [0.25, 0.3) is 0 Å². The lowest BCUT2D eigenvalue weighted by molar-refractivity contribution is -0.109. The number of alkyl carbamates (subject to hydrolysis) is 1. The van der Waals surface area contributed by atoms with E-state index >= 15 is 0 Å². The molecular weight excluding hydrogens is 194 g/mol. The summed E-state index contributed by atoms with van der Waals surface area (Å²) in [7, 11) is 0. The van der Waals surface area contributed by atoms with Crippen LogP contribution in [0.5, 0.6) is 0 Å². The van der Waals surface area contributed by atoms with Gasteiger partial charge in [0.05, 0.1) is 12.6 Å². The van der Waals surface area contributed by atoms with Gasteiger partial charge in [0, 0.05) is 0 Å². The zero-order valence-corrected chi connectivity index (χ0v) is 9.20. The first-order chi connectivity index (χ1) is 7.26. The lowest BCUT2D eigenvalue weighted by Gasteiger charge is -2.16. The monoisotopic (exact) mass is 213 g/mol. The van der Waals surface area contributed by atoms with Crippen LogP contribution < -0.4 is 5.32 Å². The Morgan fingerprint density at radius 2 is 2.20 bits per heavy atom. The Labute approximate surface area is 90.4 Å². The Balaban J connectivity index is 2.28. The van der Waals surface area contributed by atoms with Gasteiger partial charge in [0.15, 0.2) is 0 Å². The minimum Gasteiger partial charge on any atom is -0.450 e. The van der Waals surface area contributed by atoms with E-state index in [0.29, 0.717) is 12.5 Å². The summed E-state index contributed by atoms with van der Waals surface area (Å²) in [5.41, 5.74) is 0. The second-order valence-electron chi connectivity index (χ2n) is 3.99. The van der Waals surface area contributed by atoms with Crippen molar-refractivity contribution in [3.8, 4) is 0 Å². The van der Waals surface area contributed by atoms with E-state index in [1.165, 1.54) is 25.7 Å². The van der Waals surface area contributed by atoms with Crippen molar-refractivity contribution in [1.29, 1.82) is 0 Å². The van der Waals surface area contributed by atoms with Crippen LogP contribution in [0.1, 0.15) is 39.0 Å². The number of hydrogen-bond donors (Lipinski definition) is 1. The first kappa shape index (κ1) is 12.0. The largest absolute Gasteiger partial charge is 0.450 e. The molecule has 15 heavy (non-hydrogen) atoms. The van der Waals surface area contributed by atoms with Gasteiger partial charge in [-0.05, 0) is 19.3 Å². The number of hydrogen-bond acceptors (Lipinski definition) is 3. The second-order valence-corrected chi connectivity index (χ2v) is 3.99. The van der Waals surface area contributed by atoms with E-state index in [-0.39, 0.29) is 6.04 Å². The van der Waals surface area contributed by atoms with Crippen molar-refractivity contribution >= 4 is 12.4 Å². The van der Waals surface area contributed by atoms with E-state index in [4.69, 9.17) is 4.74 Å². The maximum atomic E-state index is 11.1. The van der Waals surface area contributed by atoms with Crippen molar-refractivity contribution in [3.63, 3.8) is 0 Å². The number of carbonyl (C=O) groups is 2. The first-order valence-electron chi connectivity index (χ1n) is 5.64. The lowest BCUT2D eigenvalue weighted by Crippen LogP contribution is -2.37. The fraction of sp³-hybridized carbons (Fsp3) is 0.818. The molecule has 0 aromatic rings. The molecule has 1 rings (SSSR count). The van der Waals surface area contributed by atoms with Gasteiger partial charge in [-0.25, -0.2) is 4.79 Å². The molecule has 0 bridgehead atoms. The Bertz CT molecular complexity index is 212.